The summed E-state index contributed by atoms with van der Waals surface area (Å²) in [6.07, 6.45) is 9.09. The number of hydrogen-bond acceptors (Lipinski definition) is 6. The van der Waals surface area contributed by atoms with Gasteiger partial charge >= 0.3 is 0 Å². The number of aryl methyl sites for hydroxylation is 1. The average molecular weight is 523 g/mol. The van der Waals surface area contributed by atoms with Crippen LogP contribution in [-0.4, -0.2) is 65.8 Å². The lowest BCUT2D eigenvalue weighted by Crippen LogP contribution is -2.51. The Balaban J connectivity index is 1.11. The number of hydrogen-bond donors (Lipinski definition) is 0. The van der Waals surface area contributed by atoms with Crippen LogP contribution in [0.4, 0.5) is 5.69 Å². The normalized spacial score (nSPS) is 20.6. The van der Waals surface area contributed by atoms with Gasteiger partial charge in [-0.25, -0.2) is 0 Å². The van der Waals surface area contributed by atoms with Crippen LogP contribution >= 0.6 is 0 Å². The van der Waals surface area contributed by atoms with Crippen molar-refractivity contribution in [1.82, 2.24) is 19.5 Å². The summed E-state index contributed by atoms with van der Waals surface area (Å²) in [6, 6.07) is 17.7. The van der Waals surface area contributed by atoms with Crippen LogP contribution in [-0.2, 0) is 18.5 Å². The van der Waals surface area contributed by atoms with E-state index >= 15 is 0 Å². The molecule has 202 valence electrons. The molecule has 1 saturated carbocycles. The van der Waals surface area contributed by atoms with Gasteiger partial charge in [-0.05, 0) is 79.1 Å². The topological polar surface area (TPSA) is 60.6 Å². The van der Waals surface area contributed by atoms with Crippen LogP contribution in [0.2, 0.25) is 0 Å². The number of fused-ring (bicyclic) bond motifs is 2. The van der Waals surface area contributed by atoms with Crippen molar-refractivity contribution in [1.29, 1.82) is 5.26 Å². The van der Waals surface area contributed by atoms with Gasteiger partial charge in [0.1, 0.15) is 0 Å². The van der Waals surface area contributed by atoms with Gasteiger partial charge in [-0.15, -0.1) is 0 Å². The Morgan fingerprint density at radius 3 is 2.56 bits per heavy atom. The predicted molar refractivity (Wildman–Crippen MR) is 157 cm³/mol. The van der Waals surface area contributed by atoms with Gasteiger partial charge in [0.05, 0.1) is 29.4 Å². The molecule has 2 fully saturated rings. The number of nitrogens with zero attached hydrogens (tertiary/aromatic N) is 6. The average Bonchev–Trinajstić information content (AvgIpc) is 3.31. The second-order valence-corrected chi connectivity index (χ2v) is 11.3. The largest absolute Gasteiger partial charge is 0.367 e. The zero-order valence-electron chi connectivity index (χ0n) is 23.3. The van der Waals surface area contributed by atoms with Crippen molar-refractivity contribution < 1.29 is 4.84 Å². The molecule has 0 bridgehead atoms. The van der Waals surface area contributed by atoms with Crippen molar-refractivity contribution in [2.75, 3.05) is 45.2 Å². The smallest absolute Gasteiger partial charge is 0.0991 e. The van der Waals surface area contributed by atoms with Gasteiger partial charge in [-0.3, -0.25) is 14.7 Å². The SMILES string of the molecule is CN(C)OCc1cc(N2CCN(C3CCC(c4cn(C)c5ccc(C#N)cc45)CC3)CC2)c2ncccc2c1. The summed E-state index contributed by atoms with van der Waals surface area (Å²) in [5, 5.41) is 13.6. The zero-order valence-corrected chi connectivity index (χ0v) is 23.3. The first-order valence-electron chi connectivity index (χ1n) is 14.2. The van der Waals surface area contributed by atoms with Gasteiger partial charge in [0.2, 0.25) is 0 Å². The van der Waals surface area contributed by atoms with E-state index in [1.165, 1.54) is 58.8 Å². The third kappa shape index (κ3) is 5.25. The molecule has 6 rings (SSSR count). The van der Waals surface area contributed by atoms with Crippen LogP contribution in [0.25, 0.3) is 21.8 Å². The number of anilines is 1. The van der Waals surface area contributed by atoms with Gasteiger partial charge < -0.3 is 9.47 Å². The van der Waals surface area contributed by atoms with Gasteiger partial charge in [0, 0.05) is 82.0 Å². The number of piperazine rings is 1. The minimum absolute atomic E-state index is 0.558. The lowest BCUT2D eigenvalue weighted by Gasteiger charge is -2.43. The highest BCUT2D eigenvalue weighted by molar-refractivity contribution is 5.91. The molecule has 0 unspecified atom stereocenters. The third-order valence-corrected chi connectivity index (χ3v) is 8.69. The van der Waals surface area contributed by atoms with E-state index < -0.39 is 0 Å². The Morgan fingerprint density at radius 2 is 1.82 bits per heavy atom. The van der Waals surface area contributed by atoms with E-state index in [0.29, 0.717) is 18.6 Å². The minimum atomic E-state index is 0.558. The highest BCUT2D eigenvalue weighted by atomic mass is 16.7. The molecule has 0 atom stereocenters. The summed E-state index contributed by atoms with van der Waals surface area (Å²) in [6.45, 7) is 4.76. The third-order valence-electron chi connectivity index (χ3n) is 8.69. The fourth-order valence-electron chi connectivity index (χ4n) is 6.66. The van der Waals surface area contributed by atoms with Crippen LogP contribution in [0.1, 0.15) is 48.3 Å². The van der Waals surface area contributed by atoms with Crippen molar-refractivity contribution in [3.05, 3.63) is 71.5 Å². The number of rotatable bonds is 6. The Hall–Kier alpha value is -3.44. The molecule has 1 saturated heterocycles. The molecule has 0 spiro atoms. The number of aromatic nitrogens is 2. The predicted octanol–water partition coefficient (Wildman–Crippen LogP) is 5.44. The molecule has 2 aromatic carbocycles. The second kappa shape index (κ2) is 11.0. The molecular weight excluding hydrogens is 484 g/mol. The zero-order chi connectivity index (χ0) is 26.9. The first-order chi connectivity index (χ1) is 19.0. The quantitative estimate of drug-likeness (QED) is 0.314. The van der Waals surface area contributed by atoms with E-state index in [-0.39, 0.29) is 0 Å². The van der Waals surface area contributed by atoms with E-state index in [1.807, 2.05) is 32.4 Å². The fraction of sp³-hybridized carbons (Fsp3) is 0.438. The van der Waals surface area contributed by atoms with Crippen molar-refractivity contribution in [2.24, 2.45) is 7.05 Å². The maximum Gasteiger partial charge on any atom is 0.0991 e. The van der Waals surface area contributed by atoms with Crippen LogP contribution in [0.5, 0.6) is 0 Å². The van der Waals surface area contributed by atoms with E-state index in [0.717, 1.165) is 37.3 Å². The van der Waals surface area contributed by atoms with E-state index in [4.69, 9.17) is 9.82 Å². The summed E-state index contributed by atoms with van der Waals surface area (Å²) in [7, 11) is 5.96. The Kier molecular flexibility index (Phi) is 7.26. The minimum Gasteiger partial charge on any atom is -0.367 e. The van der Waals surface area contributed by atoms with E-state index in [1.54, 1.807) is 5.06 Å². The molecule has 1 aliphatic heterocycles. The Morgan fingerprint density at radius 1 is 1.03 bits per heavy atom. The number of benzene rings is 2. The second-order valence-electron chi connectivity index (χ2n) is 11.3. The number of hydroxylamine groups is 2. The van der Waals surface area contributed by atoms with Gasteiger partial charge in [0.15, 0.2) is 0 Å². The molecule has 0 radical (unpaired) electrons. The molecule has 2 aliphatic rings. The molecule has 3 heterocycles. The van der Waals surface area contributed by atoms with E-state index in [2.05, 4.69) is 64.0 Å². The Labute approximate surface area is 231 Å². The standard InChI is InChI=1S/C32H38N6O/c1-35(2)39-22-24-17-26-5-4-12-34-32(26)31(19-24)38-15-13-37(14-16-38)27-9-7-25(8-10-27)29-21-36(3)30-11-6-23(20-33)18-28(29)30/h4-6,11-12,17-19,21,25,27H,7-10,13-16,22H2,1-3H3. The van der Waals surface area contributed by atoms with Gasteiger partial charge in [-0.1, -0.05) is 6.07 Å². The first-order valence-corrected chi connectivity index (χ1v) is 14.2. The van der Waals surface area contributed by atoms with Crippen LogP contribution < -0.4 is 4.90 Å². The lowest BCUT2D eigenvalue weighted by molar-refractivity contribution is -0.130. The molecule has 0 amide bonds. The number of nitriles is 1. The molecule has 7 nitrogen and oxygen atoms in total. The molecule has 4 aromatic rings. The highest BCUT2D eigenvalue weighted by Gasteiger charge is 2.30. The van der Waals surface area contributed by atoms with Crippen molar-refractivity contribution in [3.63, 3.8) is 0 Å². The van der Waals surface area contributed by atoms with Crippen molar-refractivity contribution >= 4 is 27.5 Å². The summed E-state index contributed by atoms with van der Waals surface area (Å²) in [4.78, 5) is 15.7. The summed E-state index contributed by atoms with van der Waals surface area (Å²) >= 11 is 0. The van der Waals surface area contributed by atoms with Crippen LogP contribution in [0, 0.1) is 11.3 Å². The first kappa shape index (κ1) is 25.8. The molecule has 2 aromatic heterocycles. The van der Waals surface area contributed by atoms with Crippen LogP contribution in [0.15, 0.2) is 54.9 Å². The number of pyridine rings is 1. The maximum atomic E-state index is 9.41. The van der Waals surface area contributed by atoms with Crippen molar-refractivity contribution in [2.45, 2.75) is 44.2 Å². The Bertz CT molecular complexity index is 1500. The summed E-state index contributed by atoms with van der Waals surface area (Å²) < 4.78 is 2.22. The van der Waals surface area contributed by atoms with Gasteiger partial charge in [-0.2, -0.15) is 10.3 Å². The van der Waals surface area contributed by atoms with Crippen molar-refractivity contribution in [3.8, 4) is 6.07 Å². The molecule has 39 heavy (non-hydrogen) atoms. The molecule has 1 aliphatic carbocycles. The molecule has 0 N–H and O–H groups in total. The van der Waals surface area contributed by atoms with Crippen LogP contribution in [0.3, 0.4) is 0 Å². The maximum absolute atomic E-state index is 9.41. The summed E-state index contributed by atoms with van der Waals surface area (Å²) in [5.41, 5.74) is 6.87. The van der Waals surface area contributed by atoms with Gasteiger partial charge in [0.25, 0.3) is 0 Å². The highest BCUT2D eigenvalue weighted by Crippen LogP contribution is 2.39. The monoisotopic (exact) mass is 522 g/mol. The fourth-order valence-corrected chi connectivity index (χ4v) is 6.66. The lowest BCUT2D eigenvalue weighted by atomic mass is 9.81. The van der Waals surface area contributed by atoms with E-state index in [9.17, 15) is 5.26 Å². The molecular formula is C32H38N6O. The summed E-state index contributed by atoms with van der Waals surface area (Å²) in [5.74, 6) is 0.574. The molecule has 7 heteroatoms.